The molecular weight excluding hydrogens is 322 g/mol. The van der Waals surface area contributed by atoms with Crippen molar-refractivity contribution in [1.82, 2.24) is 4.90 Å². The van der Waals surface area contributed by atoms with Crippen LogP contribution in [-0.2, 0) is 9.59 Å². The van der Waals surface area contributed by atoms with E-state index in [0.717, 1.165) is 51.1 Å². The van der Waals surface area contributed by atoms with Crippen LogP contribution in [0.25, 0.3) is 0 Å². The second-order valence-electron chi connectivity index (χ2n) is 10.3. The average Bonchev–Trinajstić information content (AvgIpc) is 2.97. The van der Waals surface area contributed by atoms with Crippen LogP contribution in [0.3, 0.4) is 0 Å². The van der Waals surface area contributed by atoms with Crippen molar-refractivity contribution < 1.29 is 9.59 Å². The first-order valence-corrected chi connectivity index (χ1v) is 10.8. The zero-order valence-electron chi connectivity index (χ0n) is 17.0. The highest BCUT2D eigenvalue weighted by Gasteiger charge is 2.58. The van der Waals surface area contributed by atoms with Crippen molar-refractivity contribution in [2.45, 2.75) is 72.6 Å². The van der Waals surface area contributed by atoms with Gasteiger partial charge in [0, 0.05) is 13.1 Å². The molecule has 3 fully saturated rings. The van der Waals surface area contributed by atoms with Gasteiger partial charge in [0.25, 0.3) is 5.91 Å². The molecular formula is C23H35NO2. The third-order valence-electron chi connectivity index (χ3n) is 8.53. The van der Waals surface area contributed by atoms with Crippen LogP contribution in [0.2, 0.25) is 0 Å². The van der Waals surface area contributed by atoms with Gasteiger partial charge in [-0.1, -0.05) is 39.3 Å². The summed E-state index contributed by atoms with van der Waals surface area (Å²) in [6, 6.07) is 0. The third-order valence-corrected chi connectivity index (χ3v) is 8.53. The molecule has 3 aliphatic carbocycles. The largest absolute Gasteiger partial charge is 0.336 e. The number of amides is 1. The van der Waals surface area contributed by atoms with Crippen molar-refractivity contribution >= 4 is 11.7 Å². The van der Waals surface area contributed by atoms with Crippen LogP contribution in [0.15, 0.2) is 11.6 Å². The Morgan fingerprint density at radius 3 is 2.46 bits per heavy atom. The fourth-order valence-corrected chi connectivity index (χ4v) is 7.08. The topological polar surface area (TPSA) is 37.4 Å². The predicted octanol–water partition coefficient (Wildman–Crippen LogP) is 4.61. The Morgan fingerprint density at radius 2 is 1.85 bits per heavy atom. The van der Waals surface area contributed by atoms with E-state index in [1.807, 2.05) is 0 Å². The summed E-state index contributed by atoms with van der Waals surface area (Å²) in [6.07, 6.45) is 9.71. The number of allylic oxidation sites excluding steroid dienone is 2. The van der Waals surface area contributed by atoms with Crippen LogP contribution in [-0.4, -0.2) is 29.7 Å². The molecule has 0 N–H and O–H groups in total. The first kappa shape index (κ1) is 18.3. The summed E-state index contributed by atoms with van der Waals surface area (Å²) in [7, 11) is 0. The lowest BCUT2D eigenvalue weighted by Crippen LogP contribution is -2.54. The number of carbonyl (C=O) groups excluding carboxylic acids is 2. The summed E-state index contributed by atoms with van der Waals surface area (Å²) in [6.45, 7) is 11.2. The molecule has 4 atom stereocenters. The van der Waals surface area contributed by atoms with E-state index < -0.39 is 5.41 Å². The quantitative estimate of drug-likeness (QED) is 0.546. The SMILES string of the molecule is CC(C)C1CCC2C3=CCCC3(C(=O)C(=O)N3CCC3)CCC2C1(C)C. The number of likely N-dealkylation sites (tertiary alicyclic amines) is 1. The number of hydrogen-bond acceptors (Lipinski definition) is 2. The molecule has 4 unspecified atom stereocenters. The van der Waals surface area contributed by atoms with E-state index in [4.69, 9.17) is 0 Å². The molecule has 26 heavy (non-hydrogen) atoms. The van der Waals surface area contributed by atoms with Crippen LogP contribution in [0.4, 0.5) is 0 Å². The van der Waals surface area contributed by atoms with Gasteiger partial charge in [0.1, 0.15) is 0 Å². The molecule has 1 saturated heterocycles. The zero-order chi connectivity index (χ0) is 18.7. The maximum absolute atomic E-state index is 13.3. The van der Waals surface area contributed by atoms with Crippen LogP contribution < -0.4 is 0 Å². The normalized spacial score (nSPS) is 38.3. The molecule has 0 aromatic heterocycles. The van der Waals surface area contributed by atoms with E-state index in [0.29, 0.717) is 23.2 Å². The molecule has 0 radical (unpaired) electrons. The smallest absolute Gasteiger partial charge is 0.290 e. The van der Waals surface area contributed by atoms with Crippen molar-refractivity contribution in [3.8, 4) is 0 Å². The highest BCUT2D eigenvalue weighted by molar-refractivity contribution is 6.39. The fourth-order valence-electron chi connectivity index (χ4n) is 7.08. The summed E-state index contributed by atoms with van der Waals surface area (Å²) in [4.78, 5) is 27.8. The standard InChI is InChI=1S/C23H35NO2/c1-15(2)17-9-8-16-18(22(17,3)4)10-12-23(11-5-7-19(16)23)20(25)21(26)24-13-6-14-24/h7,15-18H,5-6,8-14H2,1-4H3. The van der Waals surface area contributed by atoms with Crippen LogP contribution in [0, 0.1) is 34.5 Å². The van der Waals surface area contributed by atoms with Gasteiger partial charge < -0.3 is 4.90 Å². The average molecular weight is 358 g/mol. The van der Waals surface area contributed by atoms with Crippen molar-refractivity contribution in [2.24, 2.45) is 34.5 Å². The molecule has 4 aliphatic rings. The number of rotatable bonds is 3. The minimum Gasteiger partial charge on any atom is -0.336 e. The summed E-state index contributed by atoms with van der Waals surface area (Å²) >= 11 is 0. The van der Waals surface area contributed by atoms with Gasteiger partial charge in [-0.25, -0.2) is 0 Å². The highest BCUT2D eigenvalue weighted by atomic mass is 16.2. The molecule has 144 valence electrons. The molecule has 3 heteroatoms. The predicted molar refractivity (Wildman–Crippen MR) is 104 cm³/mol. The van der Waals surface area contributed by atoms with Crippen LogP contribution >= 0.6 is 0 Å². The monoisotopic (exact) mass is 357 g/mol. The Kier molecular flexibility index (Phi) is 4.36. The molecule has 3 nitrogen and oxygen atoms in total. The highest BCUT2D eigenvalue weighted by Crippen LogP contribution is 2.63. The molecule has 0 spiro atoms. The Balaban J connectivity index is 1.62. The summed E-state index contributed by atoms with van der Waals surface area (Å²) in [5.74, 6) is 2.37. The number of hydrogen-bond donors (Lipinski definition) is 0. The maximum Gasteiger partial charge on any atom is 0.290 e. The van der Waals surface area contributed by atoms with Gasteiger partial charge in [-0.15, -0.1) is 0 Å². The van der Waals surface area contributed by atoms with E-state index in [9.17, 15) is 9.59 Å². The van der Waals surface area contributed by atoms with E-state index in [1.54, 1.807) is 4.90 Å². The van der Waals surface area contributed by atoms with Crippen LogP contribution in [0.5, 0.6) is 0 Å². The molecule has 4 rings (SSSR count). The van der Waals surface area contributed by atoms with Gasteiger partial charge in [-0.05, 0) is 74.0 Å². The van der Waals surface area contributed by atoms with Gasteiger partial charge in [0.2, 0.25) is 5.78 Å². The molecule has 0 aromatic rings. The second kappa shape index (κ2) is 6.21. The summed E-state index contributed by atoms with van der Waals surface area (Å²) in [5.41, 5.74) is 1.23. The minimum absolute atomic E-state index is 0.0804. The Morgan fingerprint density at radius 1 is 1.12 bits per heavy atom. The number of fused-ring (bicyclic) bond motifs is 3. The number of Topliss-reactive ketones (excluding diaryl/α,β-unsaturated/α-hetero) is 1. The van der Waals surface area contributed by atoms with Crippen LogP contribution in [0.1, 0.15) is 72.6 Å². The van der Waals surface area contributed by atoms with Crippen molar-refractivity contribution in [2.75, 3.05) is 13.1 Å². The van der Waals surface area contributed by atoms with Gasteiger partial charge in [0.05, 0.1) is 5.41 Å². The fraction of sp³-hybridized carbons (Fsp3) is 0.826. The number of ketones is 1. The van der Waals surface area contributed by atoms with Crippen molar-refractivity contribution in [1.29, 1.82) is 0 Å². The van der Waals surface area contributed by atoms with E-state index in [1.165, 1.54) is 18.4 Å². The molecule has 0 aromatic carbocycles. The second-order valence-corrected chi connectivity index (χ2v) is 10.3. The Labute approximate surface area is 158 Å². The Bertz CT molecular complexity index is 643. The first-order chi connectivity index (χ1) is 12.3. The zero-order valence-corrected chi connectivity index (χ0v) is 17.0. The lowest BCUT2D eigenvalue weighted by atomic mass is 9.48. The van der Waals surface area contributed by atoms with Crippen molar-refractivity contribution in [3.63, 3.8) is 0 Å². The lowest BCUT2D eigenvalue weighted by Gasteiger charge is -2.56. The molecule has 2 saturated carbocycles. The molecule has 1 heterocycles. The van der Waals surface area contributed by atoms with E-state index in [-0.39, 0.29) is 11.7 Å². The third kappa shape index (κ3) is 2.45. The van der Waals surface area contributed by atoms with Gasteiger partial charge in [-0.2, -0.15) is 0 Å². The maximum atomic E-state index is 13.3. The van der Waals surface area contributed by atoms with E-state index in [2.05, 4.69) is 33.8 Å². The van der Waals surface area contributed by atoms with Gasteiger partial charge in [0.15, 0.2) is 0 Å². The van der Waals surface area contributed by atoms with Gasteiger partial charge in [-0.3, -0.25) is 9.59 Å². The van der Waals surface area contributed by atoms with Gasteiger partial charge >= 0.3 is 0 Å². The summed E-state index contributed by atoms with van der Waals surface area (Å²) in [5, 5.41) is 0. The molecule has 0 bridgehead atoms. The molecule has 1 aliphatic heterocycles. The number of nitrogens with zero attached hydrogens (tertiary/aromatic N) is 1. The first-order valence-electron chi connectivity index (χ1n) is 10.8. The minimum atomic E-state index is -0.450. The van der Waals surface area contributed by atoms with E-state index >= 15 is 0 Å². The lowest BCUT2D eigenvalue weighted by molar-refractivity contribution is -0.153. The Hall–Kier alpha value is -1.12. The molecule has 1 amide bonds. The summed E-state index contributed by atoms with van der Waals surface area (Å²) < 4.78 is 0. The van der Waals surface area contributed by atoms with Crippen molar-refractivity contribution in [3.05, 3.63) is 11.6 Å². The number of carbonyl (C=O) groups is 2.